The van der Waals surface area contributed by atoms with Gasteiger partial charge in [-0.15, -0.1) is 0 Å². The third kappa shape index (κ3) is 4.96. The summed E-state index contributed by atoms with van der Waals surface area (Å²) in [4.78, 5) is 19.7. The summed E-state index contributed by atoms with van der Waals surface area (Å²) in [6.07, 6.45) is 2.42. The number of aliphatic carboxylic acids is 1. The lowest BCUT2D eigenvalue weighted by Crippen LogP contribution is -2.03. The van der Waals surface area contributed by atoms with Crippen LogP contribution in [0.1, 0.15) is 5.56 Å². The molecule has 0 fully saturated rings. The molecular weight excluding hydrogens is 394 g/mol. The minimum atomic E-state index is -1.15. The number of nitrogens with one attached hydrogen (secondary N) is 1. The van der Waals surface area contributed by atoms with E-state index in [-0.39, 0.29) is 17.3 Å². The van der Waals surface area contributed by atoms with Crippen LogP contribution in [0.5, 0.6) is 23.3 Å². The molecule has 0 saturated carbocycles. The number of para-hydroxylation sites is 3. The predicted molar refractivity (Wildman–Crippen MR) is 110 cm³/mol. The molecule has 148 valence electrons. The summed E-state index contributed by atoms with van der Waals surface area (Å²) in [6.45, 7) is 0. The highest BCUT2D eigenvalue weighted by atomic mass is 32.1. The predicted octanol–water partition coefficient (Wildman–Crippen LogP) is 4.39. The van der Waals surface area contributed by atoms with Crippen molar-refractivity contribution >= 4 is 30.0 Å². The molecule has 2 aromatic carbocycles. The average molecular weight is 411 g/mol. The lowest BCUT2D eigenvalue weighted by molar-refractivity contribution is -0.130. The van der Waals surface area contributed by atoms with Crippen molar-refractivity contribution in [1.82, 2.24) is 9.97 Å². The Hall–Kier alpha value is -3.72. The van der Waals surface area contributed by atoms with E-state index in [4.69, 9.17) is 14.2 Å². The van der Waals surface area contributed by atoms with Gasteiger partial charge in [-0.1, -0.05) is 43.1 Å². The van der Waals surface area contributed by atoms with Crippen LogP contribution in [-0.2, 0) is 9.53 Å². The molecule has 3 rings (SSSR count). The minimum Gasteiger partial charge on any atom is -0.503 e. The Morgan fingerprint density at radius 1 is 1.03 bits per heavy atom. The normalized spacial score (nSPS) is 10.9. The minimum absolute atomic E-state index is 0.0533. The molecule has 0 atom stereocenters. The van der Waals surface area contributed by atoms with Gasteiger partial charge in [0.15, 0.2) is 5.75 Å². The molecule has 9 heteroatoms. The Morgan fingerprint density at radius 2 is 1.66 bits per heavy atom. The Kier molecular flexibility index (Phi) is 6.54. The monoisotopic (exact) mass is 411 g/mol. The van der Waals surface area contributed by atoms with Crippen LogP contribution in [0.3, 0.4) is 0 Å². The molecule has 0 aliphatic carbocycles. The van der Waals surface area contributed by atoms with E-state index in [1.54, 1.807) is 36.4 Å². The number of rotatable bonds is 8. The van der Waals surface area contributed by atoms with E-state index >= 15 is 0 Å². The number of carboxylic acid groups (broad SMARTS) is 1. The van der Waals surface area contributed by atoms with Crippen molar-refractivity contribution in [2.24, 2.45) is 0 Å². The Morgan fingerprint density at radius 3 is 2.31 bits per heavy atom. The largest absolute Gasteiger partial charge is 0.503 e. The molecule has 0 amide bonds. The van der Waals surface area contributed by atoms with Crippen LogP contribution in [-0.4, -0.2) is 28.2 Å². The third-order valence-corrected chi connectivity index (χ3v) is 3.94. The summed E-state index contributed by atoms with van der Waals surface area (Å²) < 4.78 is 19.2. The van der Waals surface area contributed by atoms with Crippen molar-refractivity contribution < 1.29 is 24.1 Å². The van der Waals surface area contributed by atoms with Gasteiger partial charge in [0.2, 0.25) is 11.8 Å². The Bertz CT molecular complexity index is 1040. The molecule has 0 spiro atoms. The zero-order chi connectivity index (χ0) is 20.6. The summed E-state index contributed by atoms with van der Waals surface area (Å²) in [7, 11) is 1.37. The molecule has 2 N–H and O–H groups in total. The number of thiol groups is 1. The maximum Gasteiger partial charge on any atom is 0.339 e. The van der Waals surface area contributed by atoms with Crippen molar-refractivity contribution in [3.63, 3.8) is 0 Å². The van der Waals surface area contributed by atoms with Gasteiger partial charge in [0.1, 0.15) is 17.6 Å². The number of nitrogens with zero attached hydrogens (tertiary/aromatic N) is 2. The first kappa shape index (κ1) is 20.0. The third-order valence-electron chi connectivity index (χ3n) is 3.70. The molecular formula is C20H17N3O5S. The first-order valence-electron chi connectivity index (χ1n) is 8.35. The van der Waals surface area contributed by atoms with Crippen molar-refractivity contribution in [1.29, 1.82) is 0 Å². The summed E-state index contributed by atoms with van der Waals surface area (Å²) in [6, 6.07) is 15.4. The second-order valence-electron chi connectivity index (χ2n) is 5.58. The van der Waals surface area contributed by atoms with Gasteiger partial charge in [0.25, 0.3) is 0 Å². The maximum absolute atomic E-state index is 11.6. The SMILES string of the molecule is CO/C=C(/C(=O)O)c1ccccc1Oc1cc(Oc2ccccc2NS)ncn1. The molecule has 0 bridgehead atoms. The van der Waals surface area contributed by atoms with Gasteiger partial charge in [0.05, 0.1) is 25.1 Å². The zero-order valence-corrected chi connectivity index (χ0v) is 16.2. The summed E-state index contributed by atoms with van der Waals surface area (Å²) in [5, 5.41) is 9.44. The van der Waals surface area contributed by atoms with Crippen molar-refractivity contribution in [3.8, 4) is 23.3 Å². The van der Waals surface area contributed by atoms with Crippen LogP contribution < -0.4 is 14.2 Å². The van der Waals surface area contributed by atoms with Gasteiger partial charge >= 0.3 is 5.97 Å². The van der Waals surface area contributed by atoms with Gasteiger partial charge in [-0.25, -0.2) is 14.8 Å². The van der Waals surface area contributed by atoms with Gasteiger partial charge in [-0.3, -0.25) is 0 Å². The Labute approximate surface area is 172 Å². The summed E-state index contributed by atoms with van der Waals surface area (Å²) in [5.41, 5.74) is 0.952. The van der Waals surface area contributed by atoms with Crippen LogP contribution in [0.15, 0.2) is 67.2 Å². The standard InChI is InChI=1S/C20H17N3O5S/c1-26-11-14(20(24)25)13-6-2-4-8-16(13)27-18-10-19(22-12-21-18)28-17-9-5-3-7-15(17)23-29/h2-12,23,29H,1H3,(H,24,25)/b14-11+. The van der Waals surface area contributed by atoms with Gasteiger partial charge < -0.3 is 24.0 Å². The first-order chi connectivity index (χ1) is 14.1. The number of aromatic nitrogens is 2. The van der Waals surface area contributed by atoms with E-state index in [2.05, 4.69) is 27.5 Å². The molecule has 3 aromatic rings. The highest BCUT2D eigenvalue weighted by molar-refractivity contribution is 7.81. The van der Waals surface area contributed by atoms with Gasteiger partial charge in [-0.05, 0) is 18.2 Å². The van der Waals surface area contributed by atoms with E-state index in [9.17, 15) is 9.90 Å². The second-order valence-corrected chi connectivity index (χ2v) is 5.80. The number of ether oxygens (including phenoxy) is 3. The molecule has 0 aliphatic rings. The highest BCUT2D eigenvalue weighted by Gasteiger charge is 2.17. The van der Waals surface area contributed by atoms with Gasteiger partial charge in [0, 0.05) is 5.56 Å². The molecule has 0 unspecified atom stereocenters. The number of anilines is 1. The Balaban J connectivity index is 1.88. The average Bonchev–Trinajstić information content (AvgIpc) is 2.73. The molecule has 29 heavy (non-hydrogen) atoms. The van der Waals surface area contributed by atoms with Crippen LogP contribution >= 0.6 is 12.8 Å². The maximum atomic E-state index is 11.6. The lowest BCUT2D eigenvalue weighted by Gasteiger charge is -2.12. The quantitative estimate of drug-likeness (QED) is 0.285. The fraction of sp³-hybridized carbons (Fsp3) is 0.0500. The number of carboxylic acids is 1. The summed E-state index contributed by atoms with van der Waals surface area (Å²) in [5.74, 6) is 0.0878. The fourth-order valence-corrected chi connectivity index (χ4v) is 2.62. The molecule has 0 aliphatic heterocycles. The zero-order valence-electron chi connectivity index (χ0n) is 15.3. The lowest BCUT2D eigenvalue weighted by atomic mass is 10.1. The van der Waals surface area contributed by atoms with Crippen LogP contribution in [0.4, 0.5) is 5.69 Å². The van der Waals surface area contributed by atoms with Gasteiger partial charge in [-0.2, -0.15) is 0 Å². The van der Waals surface area contributed by atoms with Crippen LogP contribution in [0.25, 0.3) is 5.57 Å². The molecule has 1 aromatic heterocycles. The van der Waals surface area contributed by atoms with E-state index < -0.39 is 5.97 Å². The van der Waals surface area contributed by atoms with Crippen LogP contribution in [0, 0.1) is 0 Å². The van der Waals surface area contributed by atoms with E-state index in [0.717, 1.165) is 6.26 Å². The van der Waals surface area contributed by atoms with Crippen molar-refractivity contribution in [2.75, 3.05) is 11.8 Å². The number of hydrogen-bond acceptors (Lipinski definition) is 8. The second kappa shape index (κ2) is 9.47. The smallest absolute Gasteiger partial charge is 0.339 e. The van der Waals surface area contributed by atoms with Crippen molar-refractivity contribution in [2.45, 2.75) is 0 Å². The number of methoxy groups -OCH3 is 1. The summed E-state index contributed by atoms with van der Waals surface area (Å²) >= 11 is 4.05. The highest BCUT2D eigenvalue weighted by Crippen LogP contribution is 2.32. The van der Waals surface area contributed by atoms with E-state index in [1.165, 1.54) is 19.5 Å². The topological polar surface area (TPSA) is 103 Å². The first-order valence-corrected chi connectivity index (χ1v) is 8.79. The molecule has 1 heterocycles. The van der Waals surface area contributed by atoms with Crippen molar-refractivity contribution in [3.05, 3.63) is 72.8 Å². The van der Waals surface area contributed by atoms with Crippen LogP contribution in [0.2, 0.25) is 0 Å². The number of carbonyl (C=O) groups is 1. The fourth-order valence-electron chi connectivity index (χ4n) is 2.43. The molecule has 8 nitrogen and oxygen atoms in total. The van der Waals surface area contributed by atoms with E-state index in [1.807, 2.05) is 12.1 Å². The molecule has 0 saturated heterocycles. The number of benzene rings is 2. The number of hydrogen-bond donors (Lipinski definition) is 3. The molecule has 0 radical (unpaired) electrons. The van der Waals surface area contributed by atoms with E-state index in [0.29, 0.717) is 22.7 Å².